The second-order valence-corrected chi connectivity index (χ2v) is 5.95. The van der Waals surface area contributed by atoms with E-state index in [1.54, 1.807) is 11.3 Å². The van der Waals surface area contributed by atoms with Crippen LogP contribution in [0.2, 0.25) is 5.15 Å². The molecule has 8 heteroatoms. The van der Waals surface area contributed by atoms with Crippen molar-refractivity contribution in [2.24, 2.45) is 0 Å². The molecule has 0 unspecified atom stereocenters. The summed E-state index contributed by atoms with van der Waals surface area (Å²) in [5.41, 5.74) is 1.04. The molecule has 0 atom stereocenters. The number of carbonyl (C=O) groups is 1. The van der Waals surface area contributed by atoms with Gasteiger partial charge >= 0.3 is 5.97 Å². The lowest BCUT2D eigenvalue weighted by Crippen LogP contribution is -1.93. The number of aromatic amines is 1. The third kappa shape index (κ3) is 3.67. The maximum atomic E-state index is 10.4. The molecular weight excluding hydrogens is 336 g/mol. The lowest BCUT2D eigenvalue weighted by molar-refractivity contribution is -0.137. The molecule has 3 aromatic rings. The van der Waals surface area contributed by atoms with Gasteiger partial charge in [0.15, 0.2) is 16.6 Å². The minimum absolute atomic E-state index is 0.0961. The minimum atomic E-state index is -0.829. The van der Waals surface area contributed by atoms with Crippen molar-refractivity contribution in [3.8, 4) is 22.5 Å². The molecule has 0 bridgehead atoms. The number of nitrogens with zero attached hydrogens (tertiary/aromatic N) is 3. The van der Waals surface area contributed by atoms with Crippen LogP contribution in [0, 0.1) is 11.8 Å². The summed E-state index contributed by atoms with van der Waals surface area (Å²) in [5.74, 6) is 5.79. The quantitative estimate of drug-likeness (QED) is 0.429. The summed E-state index contributed by atoms with van der Waals surface area (Å²) in [4.78, 5) is 27.3. The van der Waals surface area contributed by atoms with Gasteiger partial charge in [-0.15, -0.1) is 11.3 Å². The monoisotopic (exact) mass is 346 g/mol. The Morgan fingerprint density at radius 1 is 1.39 bits per heavy atom. The standard InChI is InChI=1S/C15H11ClN4O2S/c16-13-12-15(20-14(19-12)9-5-4-8-23-9)18-10(17-13)6-2-1-3-7-11(21)22/h4-5,8H,1,3,7H2,(H,21,22)(H,17,18,19,20). The number of carboxylic acids is 1. The summed E-state index contributed by atoms with van der Waals surface area (Å²) in [6.07, 6.45) is 1.05. The van der Waals surface area contributed by atoms with Gasteiger partial charge in [-0.05, 0) is 23.8 Å². The molecule has 3 rings (SSSR count). The van der Waals surface area contributed by atoms with Crippen LogP contribution in [-0.4, -0.2) is 31.0 Å². The molecule has 3 aromatic heterocycles. The van der Waals surface area contributed by atoms with Crippen molar-refractivity contribution in [2.45, 2.75) is 19.3 Å². The van der Waals surface area contributed by atoms with E-state index in [9.17, 15) is 4.79 Å². The van der Waals surface area contributed by atoms with E-state index in [1.165, 1.54) is 0 Å². The van der Waals surface area contributed by atoms with E-state index in [1.807, 2.05) is 17.5 Å². The highest BCUT2D eigenvalue weighted by Crippen LogP contribution is 2.26. The lowest BCUT2D eigenvalue weighted by Gasteiger charge is -1.93. The molecule has 0 aromatic carbocycles. The lowest BCUT2D eigenvalue weighted by atomic mass is 10.2. The van der Waals surface area contributed by atoms with Gasteiger partial charge in [0.1, 0.15) is 5.52 Å². The van der Waals surface area contributed by atoms with Crippen LogP contribution in [0.25, 0.3) is 21.9 Å². The molecule has 2 N–H and O–H groups in total. The third-order valence-corrected chi connectivity index (χ3v) is 4.10. The summed E-state index contributed by atoms with van der Waals surface area (Å²) in [6, 6.07) is 3.89. The summed E-state index contributed by atoms with van der Waals surface area (Å²) in [5, 5.41) is 10.8. The number of unbranched alkanes of at least 4 members (excludes halogenated alkanes) is 1. The van der Waals surface area contributed by atoms with Gasteiger partial charge in [0, 0.05) is 12.8 Å². The highest BCUT2D eigenvalue weighted by molar-refractivity contribution is 7.13. The van der Waals surface area contributed by atoms with Crippen molar-refractivity contribution < 1.29 is 9.90 Å². The molecule has 0 amide bonds. The first-order valence-corrected chi connectivity index (χ1v) is 8.07. The fraction of sp³-hybridized carbons (Fsp3) is 0.200. The van der Waals surface area contributed by atoms with E-state index >= 15 is 0 Å². The minimum Gasteiger partial charge on any atom is -0.481 e. The number of carboxylic acid groups (broad SMARTS) is 1. The van der Waals surface area contributed by atoms with Gasteiger partial charge in [0.25, 0.3) is 0 Å². The number of imidazole rings is 1. The average Bonchev–Trinajstić information content (AvgIpc) is 3.15. The Balaban J connectivity index is 1.83. The molecule has 6 nitrogen and oxygen atoms in total. The molecule has 23 heavy (non-hydrogen) atoms. The number of aromatic nitrogens is 4. The highest BCUT2D eigenvalue weighted by atomic mass is 35.5. The fourth-order valence-electron chi connectivity index (χ4n) is 1.92. The van der Waals surface area contributed by atoms with E-state index in [4.69, 9.17) is 16.7 Å². The number of halogens is 1. The number of H-pyrrole nitrogens is 1. The molecule has 0 aliphatic rings. The van der Waals surface area contributed by atoms with Crippen LogP contribution >= 0.6 is 22.9 Å². The third-order valence-electron chi connectivity index (χ3n) is 2.95. The van der Waals surface area contributed by atoms with Crippen LogP contribution < -0.4 is 0 Å². The number of aliphatic carboxylic acids is 1. The predicted molar refractivity (Wildman–Crippen MR) is 88.4 cm³/mol. The SMILES string of the molecule is O=C(O)CCCC#Cc1nc(Cl)c2[nH]c(-c3cccs3)nc2n1. The molecule has 0 aliphatic carbocycles. The summed E-state index contributed by atoms with van der Waals surface area (Å²) >= 11 is 7.72. The van der Waals surface area contributed by atoms with Crippen molar-refractivity contribution in [3.63, 3.8) is 0 Å². The van der Waals surface area contributed by atoms with Gasteiger partial charge in [-0.1, -0.05) is 23.6 Å². The normalized spacial score (nSPS) is 10.5. The Morgan fingerprint density at radius 3 is 3.00 bits per heavy atom. The van der Waals surface area contributed by atoms with Crippen LogP contribution in [0.1, 0.15) is 25.1 Å². The highest BCUT2D eigenvalue weighted by Gasteiger charge is 2.12. The van der Waals surface area contributed by atoms with Crippen molar-refractivity contribution >= 4 is 40.1 Å². The molecule has 0 aliphatic heterocycles. The maximum Gasteiger partial charge on any atom is 0.303 e. The fourth-order valence-corrected chi connectivity index (χ4v) is 2.80. The Kier molecular flexibility index (Phi) is 4.55. The molecule has 0 saturated carbocycles. The van der Waals surface area contributed by atoms with Crippen molar-refractivity contribution in [1.82, 2.24) is 19.9 Å². The molecule has 116 valence electrons. The molecule has 0 saturated heterocycles. The van der Waals surface area contributed by atoms with Crippen LogP contribution in [-0.2, 0) is 4.79 Å². The van der Waals surface area contributed by atoms with Gasteiger partial charge in [0.2, 0.25) is 5.82 Å². The predicted octanol–water partition coefficient (Wildman–Crippen LogP) is 3.34. The molecule has 0 fully saturated rings. The molecule has 0 spiro atoms. The van der Waals surface area contributed by atoms with Gasteiger partial charge in [-0.25, -0.2) is 9.97 Å². The topological polar surface area (TPSA) is 91.8 Å². The number of nitrogens with one attached hydrogen (secondary N) is 1. The van der Waals surface area contributed by atoms with Gasteiger partial charge in [-0.3, -0.25) is 4.79 Å². The van der Waals surface area contributed by atoms with E-state index < -0.39 is 5.97 Å². The Morgan fingerprint density at radius 2 is 2.26 bits per heavy atom. The molecular formula is C15H11ClN4O2S. The first-order chi connectivity index (χ1) is 11.1. The van der Waals surface area contributed by atoms with Crippen LogP contribution in [0.15, 0.2) is 17.5 Å². The number of thiophene rings is 1. The summed E-state index contributed by atoms with van der Waals surface area (Å²) in [7, 11) is 0. The Labute approximate surface area is 140 Å². The Hall–Kier alpha value is -2.43. The molecule has 3 heterocycles. The van der Waals surface area contributed by atoms with Crippen LogP contribution in [0.3, 0.4) is 0 Å². The van der Waals surface area contributed by atoms with Crippen LogP contribution in [0.5, 0.6) is 0 Å². The van der Waals surface area contributed by atoms with Crippen molar-refractivity contribution in [3.05, 3.63) is 28.5 Å². The van der Waals surface area contributed by atoms with Crippen molar-refractivity contribution in [2.75, 3.05) is 0 Å². The zero-order valence-electron chi connectivity index (χ0n) is 11.8. The van der Waals surface area contributed by atoms with Crippen LogP contribution in [0.4, 0.5) is 0 Å². The summed E-state index contributed by atoms with van der Waals surface area (Å²) in [6.45, 7) is 0. The average molecular weight is 347 g/mol. The number of fused-ring (bicyclic) bond motifs is 1. The second-order valence-electron chi connectivity index (χ2n) is 4.65. The van der Waals surface area contributed by atoms with Gasteiger partial charge in [0.05, 0.1) is 4.88 Å². The van der Waals surface area contributed by atoms with E-state index in [0.717, 1.165) is 4.88 Å². The first kappa shape index (κ1) is 15.5. The van der Waals surface area contributed by atoms with E-state index in [2.05, 4.69) is 31.8 Å². The summed E-state index contributed by atoms with van der Waals surface area (Å²) < 4.78 is 0. The van der Waals surface area contributed by atoms with Gasteiger partial charge in [-0.2, -0.15) is 4.98 Å². The maximum absolute atomic E-state index is 10.4. The van der Waals surface area contributed by atoms with E-state index in [0.29, 0.717) is 29.8 Å². The second kappa shape index (κ2) is 6.77. The van der Waals surface area contributed by atoms with E-state index in [-0.39, 0.29) is 17.4 Å². The number of hydrogen-bond donors (Lipinski definition) is 2. The number of rotatable bonds is 4. The Bertz CT molecular complexity index is 909. The smallest absolute Gasteiger partial charge is 0.303 e. The number of hydrogen-bond acceptors (Lipinski definition) is 5. The van der Waals surface area contributed by atoms with Gasteiger partial charge < -0.3 is 10.1 Å². The molecule has 0 radical (unpaired) electrons. The van der Waals surface area contributed by atoms with Crippen molar-refractivity contribution in [1.29, 1.82) is 0 Å². The largest absolute Gasteiger partial charge is 0.481 e. The zero-order valence-corrected chi connectivity index (χ0v) is 13.4. The first-order valence-electron chi connectivity index (χ1n) is 6.81. The zero-order chi connectivity index (χ0) is 16.2.